The molecule has 8 heteroatoms. The molecule has 0 unspecified atom stereocenters. The fourth-order valence-corrected chi connectivity index (χ4v) is 3.65. The first-order valence-electron chi connectivity index (χ1n) is 9.73. The van der Waals surface area contributed by atoms with Gasteiger partial charge in [0.1, 0.15) is 18.1 Å². The van der Waals surface area contributed by atoms with E-state index in [2.05, 4.69) is 9.97 Å². The maximum Gasteiger partial charge on any atom is 0.212 e. The summed E-state index contributed by atoms with van der Waals surface area (Å²) in [5, 5.41) is 0. The lowest BCUT2D eigenvalue weighted by atomic mass is 10.1. The van der Waals surface area contributed by atoms with Crippen LogP contribution in [-0.2, 0) is 5.75 Å². The number of hydrogen-bond acceptors (Lipinski definition) is 8. The van der Waals surface area contributed by atoms with E-state index in [-0.39, 0.29) is 0 Å². The Kier molecular flexibility index (Phi) is 6.81. The maximum absolute atomic E-state index is 6.19. The van der Waals surface area contributed by atoms with Crippen molar-refractivity contribution in [2.75, 3.05) is 20.3 Å². The van der Waals surface area contributed by atoms with Gasteiger partial charge in [0.15, 0.2) is 5.76 Å². The highest BCUT2D eigenvalue weighted by atomic mass is 32.2. The Balaban J connectivity index is 1.64. The second kappa shape index (κ2) is 10.1. The second-order valence-corrected chi connectivity index (χ2v) is 7.56. The average molecular weight is 435 g/mol. The molecule has 3 heterocycles. The van der Waals surface area contributed by atoms with E-state index in [9.17, 15) is 0 Å². The minimum absolute atomic E-state index is 0.469. The van der Waals surface area contributed by atoms with E-state index in [1.165, 1.54) is 0 Å². The molecule has 0 aliphatic heterocycles. The molecular formula is C23H22N4O3S. The molecule has 0 spiro atoms. The van der Waals surface area contributed by atoms with Gasteiger partial charge in [-0.3, -0.25) is 4.98 Å². The number of ether oxygens (including phenoxy) is 2. The van der Waals surface area contributed by atoms with Crippen molar-refractivity contribution in [1.29, 1.82) is 0 Å². The first-order chi connectivity index (χ1) is 15.3. The molecule has 0 aliphatic carbocycles. The summed E-state index contributed by atoms with van der Waals surface area (Å²) in [4.78, 5) is 14.2. The molecule has 7 nitrogen and oxygen atoms in total. The number of oxazole rings is 1. The molecule has 0 atom stereocenters. The molecule has 0 aliphatic rings. The van der Waals surface area contributed by atoms with Crippen LogP contribution in [0.25, 0.3) is 22.6 Å². The van der Waals surface area contributed by atoms with E-state index in [0.29, 0.717) is 36.4 Å². The summed E-state index contributed by atoms with van der Waals surface area (Å²) in [7, 11) is 1.59. The largest absolute Gasteiger partial charge is 0.492 e. The van der Waals surface area contributed by atoms with Crippen molar-refractivity contribution in [1.82, 2.24) is 15.0 Å². The van der Waals surface area contributed by atoms with Crippen LogP contribution in [0.15, 0.2) is 76.4 Å². The average Bonchev–Trinajstić information content (AvgIpc) is 3.27. The van der Waals surface area contributed by atoms with Crippen LogP contribution in [0.5, 0.6) is 11.6 Å². The third-order valence-corrected chi connectivity index (χ3v) is 5.40. The van der Waals surface area contributed by atoms with Crippen LogP contribution in [0, 0.1) is 0 Å². The van der Waals surface area contributed by atoms with Crippen molar-refractivity contribution < 1.29 is 13.9 Å². The number of benzene rings is 1. The third-order valence-electron chi connectivity index (χ3n) is 4.41. The zero-order valence-corrected chi connectivity index (χ0v) is 17.8. The van der Waals surface area contributed by atoms with Gasteiger partial charge in [-0.25, -0.2) is 9.97 Å². The molecule has 0 bridgehead atoms. The standard InChI is InChI=1S/C23H22N4O3S/c1-28-20-7-4-17(14-26-20)22-23(16-2-5-18(6-3-16)29-13-10-24)30-21(27-22)15-31-19-8-11-25-12-9-19/h2-9,11-12,14H,10,13,15,24H2,1H3. The predicted molar refractivity (Wildman–Crippen MR) is 120 cm³/mol. The lowest BCUT2D eigenvalue weighted by molar-refractivity contribution is 0.328. The van der Waals surface area contributed by atoms with Gasteiger partial charge in [0.2, 0.25) is 11.8 Å². The molecule has 4 rings (SSSR count). The molecule has 3 aromatic heterocycles. The monoisotopic (exact) mass is 434 g/mol. The van der Waals surface area contributed by atoms with E-state index >= 15 is 0 Å². The molecule has 31 heavy (non-hydrogen) atoms. The zero-order chi connectivity index (χ0) is 21.5. The highest BCUT2D eigenvalue weighted by Crippen LogP contribution is 2.35. The summed E-state index contributed by atoms with van der Waals surface area (Å²) in [5.74, 6) is 3.21. The smallest absolute Gasteiger partial charge is 0.212 e. The summed E-state index contributed by atoms with van der Waals surface area (Å²) in [6.45, 7) is 0.942. The summed E-state index contributed by atoms with van der Waals surface area (Å²) < 4.78 is 16.9. The molecule has 158 valence electrons. The van der Waals surface area contributed by atoms with Gasteiger partial charge in [-0.1, -0.05) is 0 Å². The fourth-order valence-electron chi connectivity index (χ4n) is 2.92. The molecule has 4 aromatic rings. The van der Waals surface area contributed by atoms with Crippen molar-refractivity contribution in [3.8, 4) is 34.2 Å². The van der Waals surface area contributed by atoms with E-state index in [1.54, 1.807) is 37.5 Å². The van der Waals surface area contributed by atoms with Gasteiger partial charge in [0.25, 0.3) is 0 Å². The molecular weight excluding hydrogens is 412 g/mol. The number of nitrogens with zero attached hydrogens (tertiary/aromatic N) is 3. The Bertz CT molecular complexity index is 1100. The number of rotatable bonds is 9. The molecule has 0 radical (unpaired) electrons. The zero-order valence-electron chi connectivity index (χ0n) is 17.0. The van der Waals surface area contributed by atoms with Crippen LogP contribution in [0.1, 0.15) is 5.89 Å². The topological polar surface area (TPSA) is 96.3 Å². The predicted octanol–water partition coefficient (Wildman–Crippen LogP) is 4.44. The summed E-state index contributed by atoms with van der Waals surface area (Å²) in [5.41, 5.74) is 7.99. The lowest BCUT2D eigenvalue weighted by Gasteiger charge is -2.06. The van der Waals surface area contributed by atoms with Gasteiger partial charge in [-0.2, -0.15) is 0 Å². The first-order valence-corrected chi connectivity index (χ1v) is 10.7. The van der Waals surface area contributed by atoms with Crippen LogP contribution >= 0.6 is 11.8 Å². The molecule has 1 aromatic carbocycles. The van der Waals surface area contributed by atoms with Gasteiger partial charge < -0.3 is 19.6 Å². The number of nitrogens with two attached hydrogens (primary N) is 1. The van der Waals surface area contributed by atoms with Crippen LogP contribution in [0.3, 0.4) is 0 Å². The van der Waals surface area contributed by atoms with Gasteiger partial charge >= 0.3 is 0 Å². The minimum atomic E-state index is 0.469. The first kappa shape index (κ1) is 20.9. The van der Waals surface area contributed by atoms with Gasteiger partial charge in [0, 0.05) is 47.2 Å². The SMILES string of the molecule is COc1ccc(-c2nc(CSc3ccncc3)oc2-c2ccc(OCCN)cc2)cn1. The third kappa shape index (κ3) is 5.22. The highest BCUT2D eigenvalue weighted by molar-refractivity contribution is 7.98. The summed E-state index contributed by atoms with van der Waals surface area (Å²) in [6.07, 6.45) is 5.27. The Morgan fingerprint density at radius 2 is 1.77 bits per heavy atom. The van der Waals surface area contributed by atoms with Crippen LogP contribution in [0.2, 0.25) is 0 Å². The van der Waals surface area contributed by atoms with Crippen molar-refractivity contribution in [3.63, 3.8) is 0 Å². The van der Waals surface area contributed by atoms with E-state index in [1.807, 2.05) is 48.5 Å². The highest BCUT2D eigenvalue weighted by Gasteiger charge is 2.18. The normalized spacial score (nSPS) is 10.8. The number of hydrogen-bond donors (Lipinski definition) is 1. The number of methoxy groups -OCH3 is 1. The van der Waals surface area contributed by atoms with Crippen molar-refractivity contribution >= 4 is 11.8 Å². The van der Waals surface area contributed by atoms with Crippen LogP contribution < -0.4 is 15.2 Å². The quantitative estimate of drug-likeness (QED) is 0.386. The van der Waals surface area contributed by atoms with Crippen LogP contribution in [0.4, 0.5) is 0 Å². The Labute approximate surface area is 184 Å². The summed E-state index contributed by atoms with van der Waals surface area (Å²) >= 11 is 1.64. The second-order valence-electron chi connectivity index (χ2n) is 6.51. The number of pyridine rings is 2. The van der Waals surface area contributed by atoms with Crippen molar-refractivity contribution in [2.24, 2.45) is 5.73 Å². The molecule has 0 saturated carbocycles. The summed E-state index contributed by atoms with van der Waals surface area (Å²) in [6, 6.07) is 15.4. The lowest BCUT2D eigenvalue weighted by Crippen LogP contribution is -2.10. The molecule has 0 fully saturated rings. The molecule has 0 amide bonds. The molecule has 2 N–H and O–H groups in total. The van der Waals surface area contributed by atoms with Crippen molar-refractivity contribution in [3.05, 3.63) is 73.0 Å². The number of thioether (sulfide) groups is 1. The molecule has 0 saturated heterocycles. The van der Waals surface area contributed by atoms with Gasteiger partial charge in [0.05, 0.1) is 12.9 Å². The van der Waals surface area contributed by atoms with E-state index in [0.717, 1.165) is 27.5 Å². The van der Waals surface area contributed by atoms with E-state index < -0.39 is 0 Å². The van der Waals surface area contributed by atoms with Gasteiger partial charge in [-0.05, 0) is 42.5 Å². The fraction of sp³-hybridized carbons (Fsp3) is 0.174. The van der Waals surface area contributed by atoms with Crippen molar-refractivity contribution in [2.45, 2.75) is 10.6 Å². The Hall–Kier alpha value is -3.36. The van der Waals surface area contributed by atoms with E-state index in [4.69, 9.17) is 24.6 Å². The van der Waals surface area contributed by atoms with Crippen LogP contribution in [-0.4, -0.2) is 35.2 Å². The Morgan fingerprint density at radius 1 is 1.00 bits per heavy atom. The minimum Gasteiger partial charge on any atom is -0.492 e. The number of aromatic nitrogens is 3. The van der Waals surface area contributed by atoms with Gasteiger partial charge in [-0.15, -0.1) is 11.8 Å². The Morgan fingerprint density at radius 3 is 2.45 bits per heavy atom. The maximum atomic E-state index is 6.19.